The van der Waals surface area contributed by atoms with Gasteiger partial charge in [-0.25, -0.2) is 0 Å². The van der Waals surface area contributed by atoms with E-state index in [9.17, 15) is 4.79 Å². The van der Waals surface area contributed by atoms with Crippen molar-refractivity contribution < 1.29 is 4.79 Å². The molecule has 0 bridgehead atoms. The van der Waals surface area contributed by atoms with Crippen LogP contribution in [0.4, 0.5) is 0 Å². The molecule has 28 heavy (non-hydrogen) atoms. The topological polar surface area (TPSA) is 53.8 Å². The van der Waals surface area contributed by atoms with Crippen molar-refractivity contribution >= 4 is 28.5 Å². The van der Waals surface area contributed by atoms with Crippen LogP contribution < -0.4 is 5.32 Å². The summed E-state index contributed by atoms with van der Waals surface area (Å²) in [4.78, 5) is 12.3. The van der Waals surface area contributed by atoms with E-state index in [-0.39, 0.29) is 11.2 Å². The van der Waals surface area contributed by atoms with E-state index >= 15 is 0 Å². The third-order valence-electron chi connectivity index (χ3n) is 4.38. The Balaban J connectivity index is 1.59. The van der Waals surface area contributed by atoms with Crippen molar-refractivity contribution in [2.45, 2.75) is 11.7 Å². The molecule has 1 aliphatic rings. The normalized spacial score (nSPS) is 18.3. The lowest BCUT2D eigenvalue weighted by Gasteiger charge is -2.06. The second kappa shape index (κ2) is 8.67. The fourth-order valence-electron chi connectivity index (χ4n) is 2.98. The molecule has 3 aromatic rings. The standard InChI is InChI=1S/C23H19N3OS/c27-22-21(19-14-8-3-9-15-19)28-23(24-22)26-25-20(18-12-6-2-7-13-18)16-17-10-4-1-5-11-17/h1-15,21H,16H2,(H,24,26,27)/b25-20+/t21-/m0/s1. The monoisotopic (exact) mass is 385 g/mol. The second-order valence-corrected chi connectivity index (χ2v) is 7.47. The summed E-state index contributed by atoms with van der Waals surface area (Å²) in [6.45, 7) is 0. The zero-order chi connectivity index (χ0) is 19.2. The molecule has 0 unspecified atom stereocenters. The van der Waals surface area contributed by atoms with Gasteiger partial charge in [-0.2, -0.15) is 5.10 Å². The van der Waals surface area contributed by atoms with Gasteiger partial charge >= 0.3 is 0 Å². The van der Waals surface area contributed by atoms with Crippen LogP contribution >= 0.6 is 11.8 Å². The summed E-state index contributed by atoms with van der Waals surface area (Å²) in [7, 11) is 0. The van der Waals surface area contributed by atoms with E-state index in [1.807, 2.05) is 78.9 Å². The fourth-order valence-corrected chi connectivity index (χ4v) is 3.91. The first-order valence-corrected chi connectivity index (χ1v) is 9.94. The summed E-state index contributed by atoms with van der Waals surface area (Å²) >= 11 is 1.40. The van der Waals surface area contributed by atoms with Crippen LogP contribution in [0.2, 0.25) is 0 Å². The average Bonchev–Trinajstić information content (AvgIpc) is 3.13. The van der Waals surface area contributed by atoms with Crippen molar-refractivity contribution in [1.82, 2.24) is 5.32 Å². The van der Waals surface area contributed by atoms with Crippen LogP contribution in [0.25, 0.3) is 0 Å². The number of amides is 1. The van der Waals surface area contributed by atoms with Crippen molar-refractivity contribution in [3.8, 4) is 0 Å². The van der Waals surface area contributed by atoms with E-state index in [4.69, 9.17) is 0 Å². The Hall–Kier alpha value is -3.18. The minimum Gasteiger partial charge on any atom is -0.302 e. The van der Waals surface area contributed by atoms with Crippen molar-refractivity contribution in [1.29, 1.82) is 0 Å². The van der Waals surface area contributed by atoms with Gasteiger partial charge in [0.25, 0.3) is 0 Å². The van der Waals surface area contributed by atoms with Gasteiger partial charge in [0.05, 0.1) is 5.71 Å². The summed E-state index contributed by atoms with van der Waals surface area (Å²) in [6.07, 6.45) is 0.669. The van der Waals surface area contributed by atoms with Gasteiger partial charge in [0.15, 0.2) is 5.17 Å². The lowest BCUT2D eigenvalue weighted by atomic mass is 10.0. The second-order valence-electron chi connectivity index (χ2n) is 6.38. The molecule has 3 aromatic carbocycles. The molecule has 1 amide bonds. The van der Waals surface area contributed by atoms with Crippen LogP contribution in [0, 0.1) is 0 Å². The molecule has 4 nitrogen and oxygen atoms in total. The third-order valence-corrected chi connectivity index (χ3v) is 5.51. The molecule has 0 aromatic heterocycles. The highest BCUT2D eigenvalue weighted by molar-refractivity contribution is 8.15. The quantitative estimate of drug-likeness (QED) is 0.516. The van der Waals surface area contributed by atoms with Gasteiger partial charge in [0.2, 0.25) is 5.91 Å². The third kappa shape index (κ3) is 4.38. The number of carbonyl (C=O) groups excluding carboxylic acids is 1. The minimum absolute atomic E-state index is 0.0607. The lowest BCUT2D eigenvalue weighted by Crippen LogP contribution is -2.21. The van der Waals surface area contributed by atoms with E-state index in [0.29, 0.717) is 11.6 Å². The molecular formula is C23H19N3OS. The van der Waals surface area contributed by atoms with E-state index in [1.54, 1.807) is 0 Å². The Kier molecular flexibility index (Phi) is 5.64. The van der Waals surface area contributed by atoms with Gasteiger partial charge in [0.1, 0.15) is 5.25 Å². The van der Waals surface area contributed by atoms with Crippen LogP contribution in [0.1, 0.15) is 21.9 Å². The number of thioether (sulfide) groups is 1. The van der Waals surface area contributed by atoms with Gasteiger partial charge in [-0.3, -0.25) is 4.79 Å². The van der Waals surface area contributed by atoms with Crippen LogP contribution in [-0.2, 0) is 11.2 Å². The maximum atomic E-state index is 12.3. The number of carbonyl (C=O) groups is 1. The zero-order valence-electron chi connectivity index (χ0n) is 15.2. The van der Waals surface area contributed by atoms with Crippen LogP contribution in [0.5, 0.6) is 0 Å². The number of hydrogen-bond acceptors (Lipinski definition) is 4. The smallest absolute Gasteiger partial charge is 0.244 e. The van der Waals surface area contributed by atoms with E-state index in [0.717, 1.165) is 22.4 Å². The molecule has 138 valence electrons. The molecule has 5 heteroatoms. The predicted octanol–water partition coefficient (Wildman–Crippen LogP) is 4.59. The molecular weight excluding hydrogens is 366 g/mol. The molecule has 1 atom stereocenters. The average molecular weight is 385 g/mol. The molecule has 4 rings (SSSR count). The SMILES string of the molecule is O=C1N/C(=N\N=C(/Cc2ccccc2)c2ccccc2)S[C@H]1c1ccccc1. The van der Waals surface area contributed by atoms with Crippen molar-refractivity contribution in [3.63, 3.8) is 0 Å². The molecule has 1 aliphatic heterocycles. The summed E-state index contributed by atoms with van der Waals surface area (Å²) in [6, 6.07) is 29.9. The largest absolute Gasteiger partial charge is 0.302 e. The highest BCUT2D eigenvalue weighted by atomic mass is 32.2. The van der Waals surface area contributed by atoms with E-state index < -0.39 is 0 Å². The maximum Gasteiger partial charge on any atom is 0.244 e. The minimum atomic E-state index is -0.288. The van der Waals surface area contributed by atoms with Crippen molar-refractivity contribution in [3.05, 3.63) is 108 Å². The number of amidine groups is 1. The van der Waals surface area contributed by atoms with Gasteiger partial charge in [0, 0.05) is 6.42 Å². The Morgan fingerprint density at radius 1 is 0.857 bits per heavy atom. The maximum absolute atomic E-state index is 12.3. The highest BCUT2D eigenvalue weighted by Crippen LogP contribution is 2.34. The first-order valence-electron chi connectivity index (χ1n) is 9.06. The van der Waals surface area contributed by atoms with Crippen LogP contribution in [0.3, 0.4) is 0 Å². The van der Waals surface area contributed by atoms with Crippen LogP contribution in [-0.4, -0.2) is 16.8 Å². The summed E-state index contributed by atoms with van der Waals surface area (Å²) in [5.74, 6) is -0.0607. The van der Waals surface area contributed by atoms with Crippen molar-refractivity contribution in [2.24, 2.45) is 10.2 Å². The van der Waals surface area contributed by atoms with E-state index in [2.05, 4.69) is 27.7 Å². The zero-order valence-corrected chi connectivity index (χ0v) is 16.0. The fraction of sp³-hybridized carbons (Fsp3) is 0.0870. The first kappa shape index (κ1) is 18.2. The Bertz CT molecular complexity index is 1000. The van der Waals surface area contributed by atoms with Gasteiger partial charge < -0.3 is 5.32 Å². The summed E-state index contributed by atoms with van der Waals surface area (Å²) in [5.41, 5.74) is 4.00. The molecule has 1 N–H and O–H groups in total. The molecule has 0 spiro atoms. The highest BCUT2D eigenvalue weighted by Gasteiger charge is 2.31. The molecule has 1 saturated heterocycles. The Morgan fingerprint density at radius 3 is 2.14 bits per heavy atom. The van der Waals surface area contributed by atoms with Gasteiger partial charge in [-0.15, -0.1) is 5.10 Å². The lowest BCUT2D eigenvalue weighted by molar-refractivity contribution is -0.118. The Morgan fingerprint density at radius 2 is 1.46 bits per heavy atom. The van der Waals surface area contributed by atoms with E-state index in [1.165, 1.54) is 11.8 Å². The molecule has 0 aliphatic carbocycles. The predicted molar refractivity (Wildman–Crippen MR) is 115 cm³/mol. The van der Waals surface area contributed by atoms with Gasteiger partial charge in [-0.05, 0) is 16.7 Å². The summed E-state index contributed by atoms with van der Waals surface area (Å²) < 4.78 is 0. The molecule has 0 saturated carbocycles. The number of benzene rings is 3. The summed E-state index contributed by atoms with van der Waals surface area (Å²) in [5, 5.41) is 11.9. The number of nitrogens with one attached hydrogen (secondary N) is 1. The Labute approximate surface area is 168 Å². The molecule has 1 heterocycles. The molecule has 1 fully saturated rings. The number of hydrogen-bond donors (Lipinski definition) is 1. The number of rotatable bonds is 5. The molecule has 0 radical (unpaired) electrons. The number of nitrogens with zero attached hydrogens (tertiary/aromatic N) is 2. The van der Waals surface area contributed by atoms with Gasteiger partial charge in [-0.1, -0.05) is 103 Å². The first-order chi connectivity index (χ1) is 13.8. The van der Waals surface area contributed by atoms with Crippen molar-refractivity contribution in [2.75, 3.05) is 0 Å². The van der Waals surface area contributed by atoms with Crippen LogP contribution in [0.15, 0.2) is 101 Å².